The van der Waals surface area contributed by atoms with Crippen LogP contribution in [0.2, 0.25) is 0 Å². The van der Waals surface area contributed by atoms with E-state index in [1.54, 1.807) is 30.5 Å². The molecule has 0 bridgehead atoms. The van der Waals surface area contributed by atoms with Crippen LogP contribution in [0.3, 0.4) is 0 Å². The van der Waals surface area contributed by atoms with Crippen LogP contribution >= 0.6 is 11.3 Å². The van der Waals surface area contributed by atoms with Crippen LogP contribution in [-0.2, 0) is 0 Å². The summed E-state index contributed by atoms with van der Waals surface area (Å²) in [4.78, 5) is 7.90. The minimum Gasteiger partial charge on any atom is -0.492 e. The summed E-state index contributed by atoms with van der Waals surface area (Å²) in [7, 11) is 0. The van der Waals surface area contributed by atoms with E-state index < -0.39 is 0 Å². The highest BCUT2D eigenvalue weighted by molar-refractivity contribution is 7.07. The molecule has 19 heavy (non-hydrogen) atoms. The molecular weight excluding hydrogens is 260 g/mol. The average molecular weight is 268 g/mol. The number of aromatic hydroxyl groups is 1. The Kier molecular flexibility index (Phi) is 3.56. The van der Waals surface area contributed by atoms with Gasteiger partial charge in [0.1, 0.15) is 16.8 Å². The maximum atomic E-state index is 9.72. The predicted molar refractivity (Wildman–Crippen MR) is 70.2 cm³/mol. The number of rotatable bonds is 1. The van der Waals surface area contributed by atoms with Crippen molar-refractivity contribution in [3.8, 4) is 18.0 Å². The van der Waals surface area contributed by atoms with Gasteiger partial charge in [0.05, 0.1) is 4.53 Å². The minimum atomic E-state index is -0.183. The second kappa shape index (κ2) is 5.30. The molecule has 0 aromatic carbocycles. The lowest BCUT2D eigenvalue weighted by Gasteiger charge is -1.93. The van der Waals surface area contributed by atoms with Crippen molar-refractivity contribution in [3.05, 3.63) is 38.8 Å². The van der Waals surface area contributed by atoms with Gasteiger partial charge in [0, 0.05) is 11.9 Å². The quantitative estimate of drug-likeness (QED) is 0.816. The summed E-state index contributed by atoms with van der Waals surface area (Å²) in [6.07, 6.45) is 3.40. The van der Waals surface area contributed by atoms with Gasteiger partial charge >= 0.3 is 0 Å². The smallest absolute Gasteiger partial charge is 0.230 e. The zero-order valence-electron chi connectivity index (χ0n) is 9.95. The first-order chi connectivity index (χ1) is 9.13. The van der Waals surface area contributed by atoms with Gasteiger partial charge in [-0.15, -0.1) is 11.3 Å². The van der Waals surface area contributed by atoms with Gasteiger partial charge < -0.3 is 5.11 Å². The Balaban J connectivity index is 2.64. The average Bonchev–Trinajstić information content (AvgIpc) is 2.72. The molecule has 2 aromatic rings. The molecule has 2 aromatic heterocycles. The van der Waals surface area contributed by atoms with Gasteiger partial charge in [-0.05, 0) is 30.7 Å². The van der Waals surface area contributed by atoms with Gasteiger partial charge in [-0.2, -0.15) is 15.5 Å². The Morgan fingerprint density at radius 3 is 2.79 bits per heavy atom. The molecule has 0 atom stereocenters. The van der Waals surface area contributed by atoms with Crippen LogP contribution in [0, 0.1) is 29.6 Å². The van der Waals surface area contributed by atoms with Crippen molar-refractivity contribution < 1.29 is 5.11 Å². The second-order valence-electron chi connectivity index (χ2n) is 3.68. The van der Waals surface area contributed by atoms with Crippen molar-refractivity contribution in [1.29, 1.82) is 10.5 Å². The minimum absolute atomic E-state index is 0.106. The predicted octanol–water partition coefficient (Wildman–Crippen LogP) is 0.579. The molecule has 2 heterocycles. The molecule has 1 N–H and O–H groups in total. The molecular formula is C13H8N4OS. The van der Waals surface area contributed by atoms with Crippen LogP contribution in [0.5, 0.6) is 5.88 Å². The number of thiazole rings is 1. The van der Waals surface area contributed by atoms with Crippen molar-refractivity contribution in [2.45, 2.75) is 6.92 Å². The van der Waals surface area contributed by atoms with Gasteiger partial charge in [-0.25, -0.2) is 0 Å². The van der Waals surface area contributed by atoms with E-state index in [-0.39, 0.29) is 16.1 Å². The van der Waals surface area contributed by atoms with E-state index in [0.29, 0.717) is 4.53 Å². The lowest BCUT2D eigenvalue weighted by Crippen LogP contribution is -2.00. The fourth-order valence-electron chi connectivity index (χ4n) is 1.45. The van der Waals surface area contributed by atoms with E-state index >= 15 is 0 Å². The summed E-state index contributed by atoms with van der Waals surface area (Å²) in [5.74, 6) is -0.183. The van der Waals surface area contributed by atoms with E-state index in [1.807, 2.05) is 13.0 Å². The number of aromatic nitrogens is 2. The molecule has 0 spiro atoms. The Hall–Kier alpha value is -2.70. The van der Waals surface area contributed by atoms with Crippen molar-refractivity contribution in [1.82, 2.24) is 9.97 Å². The third kappa shape index (κ3) is 2.76. The summed E-state index contributed by atoms with van der Waals surface area (Å²) >= 11 is 1.10. The molecule has 0 unspecified atom stereocenters. The first kappa shape index (κ1) is 12.7. The summed E-state index contributed by atoms with van der Waals surface area (Å²) in [5.41, 5.74) is 1.62. The number of nitrogens with zero attached hydrogens (tertiary/aromatic N) is 4. The molecule has 92 valence electrons. The number of hydrogen-bond donors (Lipinski definition) is 1. The van der Waals surface area contributed by atoms with Gasteiger partial charge in [0.2, 0.25) is 5.88 Å². The fourth-order valence-corrected chi connectivity index (χ4v) is 2.32. The van der Waals surface area contributed by atoms with Gasteiger partial charge in [0.15, 0.2) is 5.57 Å². The fraction of sp³-hybridized carbons (Fsp3) is 0.0769. The van der Waals surface area contributed by atoms with Crippen LogP contribution in [0.15, 0.2) is 18.3 Å². The zero-order chi connectivity index (χ0) is 13.8. The molecule has 0 aliphatic carbocycles. The maximum absolute atomic E-state index is 9.72. The van der Waals surface area contributed by atoms with E-state index in [4.69, 9.17) is 10.5 Å². The number of pyridine rings is 1. The molecule has 2 rings (SSSR count). The summed E-state index contributed by atoms with van der Waals surface area (Å²) in [6.45, 7) is 1.87. The van der Waals surface area contributed by atoms with Crippen molar-refractivity contribution >= 4 is 23.0 Å². The number of aryl methyl sites for hydroxylation is 1. The molecule has 6 heteroatoms. The van der Waals surface area contributed by atoms with Crippen LogP contribution in [0.25, 0.3) is 11.6 Å². The Morgan fingerprint density at radius 1 is 1.42 bits per heavy atom. The third-order valence-corrected chi connectivity index (χ3v) is 3.30. The molecule has 0 amide bonds. The third-order valence-electron chi connectivity index (χ3n) is 2.29. The standard InChI is InChI=1S/C13H8N4OS/c1-8-4-9(2-3-16-8)5-11-12(18)17-13(19-11)10(6-14)7-15/h2-5H,1H3,(H,17,18)/b11-5+. The molecule has 0 saturated carbocycles. The maximum Gasteiger partial charge on any atom is 0.230 e. The molecule has 0 radical (unpaired) electrons. The topological polar surface area (TPSA) is 93.6 Å². The van der Waals surface area contributed by atoms with Crippen molar-refractivity contribution in [2.24, 2.45) is 0 Å². The van der Waals surface area contributed by atoms with Crippen molar-refractivity contribution in [3.63, 3.8) is 0 Å². The SMILES string of the molecule is Cc1cc(/C=c2/sc(=C(C#N)C#N)nc2O)ccn1. The van der Waals surface area contributed by atoms with Crippen LogP contribution in [0.1, 0.15) is 11.3 Å². The van der Waals surface area contributed by atoms with E-state index in [9.17, 15) is 5.11 Å². The van der Waals surface area contributed by atoms with Gasteiger partial charge in [-0.1, -0.05) is 0 Å². The lowest BCUT2D eigenvalue weighted by atomic mass is 10.2. The molecule has 0 saturated heterocycles. The van der Waals surface area contributed by atoms with E-state index in [2.05, 4.69) is 9.97 Å². The van der Waals surface area contributed by atoms with Crippen LogP contribution in [-0.4, -0.2) is 15.1 Å². The zero-order valence-corrected chi connectivity index (χ0v) is 10.8. The molecule has 5 nitrogen and oxygen atoms in total. The highest BCUT2D eigenvalue weighted by Crippen LogP contribution is 2.04. The molecule has 0 aliphatic rings. The summed E-state index contributed by atoms with van der Waals surface area (Å²) in [5, 5.41) is 27.2. The van der Waals surface area contributed by atoms with Gasteiger partial charge in [-0.3, -0.25) is 4.98 Å². The largest absolute Gasteiger partial charge is 0.492 e. The highest BCUT2D eigenvalue weighted by atomic mass is 32.1. The summed E-state index contributed by atoms with van der Waals surface area (Å²) < 4.78 is 0.725. The van der Waals surface area contributed by atoms with Gasteiger partial charge in [0.25, 0.3) is 0 Å². The van der Waals surface area contributed by atoms with Crippen LogP contribution in [0.4, 0.5) is 0 Å². The normalized spacial score (nSPS) is 10.8. The monoisotopic (exact) mass is 268 g/mol. The number of hydrogen-bond acceptors (Lipinski definition) is 6. The van der Waals surface area contributed by atoms with E-state index in [1.165, 1.54) is 0 Å². The highest BCUT2D eigenvalue weighted by Gasteiger charge is 2.03. The summed E-state index contributed by atoms with van der Waals surface area (Å²) in [6, 6.07) is 7.16. The Bertz CT molecular complexity index is 808. The second-order valence-corrected chi connectivity index (χ2v) is 4.71. The molecule has 0 aliphatic heterocycles. The lowest BCUT2D eigenvalue weighted by molar-refractivity contribution is 0.452. The van der Waals surface area contributed by atoms with Crippen molar-refractivity contribution in [2.75, 3.05) is 0 Å². The first-order valence-electron chi connectivity index (χ1n) is 5.28. The Morgan fingerprint density at radius 2 is 2.16 bits per heavy atom. The number of nitriles is 2. The Labute approximate surface area is 113 Å². The first-order valence-corrected chi connectivity index (χ1v) is 6.10. The van der Waals surface area contributed by atoms with Crippen LogP contribution < -0.4 is 9.20 Å². The van der Waals surface area contributed by atoms with E-state index in [0.717, 1.165) is 22.6 Å². The molecule has 0 fully saturated rings.